The van der Waals surface area contributed by atoms with Crippen LogP contribution in [0, 0.1) is 25.6 Å². The average Bonchev–Trinajstić information content (AvgIpc) is 2.68. The molecule has 4 nitrogen and oxygen atoms in total. The number of carbonyl (C=O) groups is 2. The summed E-state index contributed by atoms with van der Waals surface area (Å²) < 4.78 is 13.6. The van der Waals surface area contributed by atoms with Crippen molar-refractivity contribution in [3.63, 3.8) is 0 Å². The molecule has 0 spiro atoms. The molecule has 0 bridgehead atoms. The lowest BCUT2D eigenvalue weighted by Gasteiger charge is -2.39. The molecular formula is C23H27FN2O2. The Bertz CT molecular complexity index is 881. The topological polar surface area (TPSA) is 49.4 Å². The molecular weight excluding hydrogens is 355 g/mol. The number of benzene rings is 2. The van der Waals surface area contributed by atoms with Gasteiger partial charge in [0.05, 0.1) is 12.0 Å². The van der Waals surface area contributed by atoms with E-state index in [9.17, 15) is 14.0 Å². The number of nitrogens with one attached hydrogen (secondary N) is 1. The third-order valence-corrected chi connectivity index (χ3v) is 5.47. The molecule has 2 aromatic rings. The van der Waals surface area contributed by atoms with E-state index < -0.39 is 0 Å². The van der Waals surface area contributed by atoms with E-state index in [4.69, 9.17) is 0 Å². The second-order valence-electron chi connectivity index (χ2n) is 7.68. The van der Waals surface area contributed by atoms with E-state index in [1.807, 2.05) is 25.1 Å². The molecule has 2 atom stereocenters. The fraction of sp³-hybridized carbons (Fsp3) is 0.391. The molecule has 1 fully saturated rings. The molecule has 148 valence electrons. The predicted octanol–water partition coefficient (Wildman–Crippen LogP) is 4.06. The average molecular weight is 382 g/mol. The molecule has 1 N–H and O–H groups in total. The lowest BCUT2D eigenvalue weighted by Crippen LogP contribution is -2.46. The quantitative estimate of drug-likeness (QED) is 0.867. The second-order valence-corrected chi connectivity index (χ2v) is 7.68. The first kappa shape index (κ1) is 20.1. The second kappa shape index (κ2) is 8.55. The van der Waals surface area contributed by atoms with E-state index in [0.29, 0.717) is 31.5 Å². The van der Waals surface area contributed by atoms with Gasteiger partial charge in [-0.3, -0.25) is 9.59 Å². The van der Waals surface area contributed by atoms with Crippen LogP contribution in [0.2, 0.25) is 0 Å². The van der Waals surface area contributed by atoms with Gasteiger partial charge in [0.15, 0.2) is 0 Å². The molecule has 2 aromatic carbocycles. The molecule has 1 aliphatic rings. The number of aryl methyl sites for hydroxylation is 2. The highest BCUT2D eigenvalue weighted by Crippen LogP contribution is 2.34. The molecule has 1 saturated heterocycles. The highest BCUT2D eigenvalue weighted by molar-refractivity contribution is 5.81. The third kappa shape index (κ3) is 4.58. The van der Waals surface area contributed by atoms with Crippen molar-refractivity contribution in [1.29, 1.82) is 0 Å². The Morgan fingerprint density at radius 2 is 1.93 bits per heavy atom. The van der Waals surface area contributed by atoms with Crippen molar-refractivity contribution in [3.8, 4) is 0 Å². The normalized spacial score (nSPS) is 19.4. The standard InChI is InChI=1S/C23H27FN2O2/c1-15-5-4-6-18(11-15)13-25-23(28)20-8-10-22(26(14-20)17(3)27)19-7-9-21(24)16(2)12-19/h4-7,9,11-12,20,22H,8,10,13-14H2,1-3H3,(H,25,28)/t20-,22-/m1/s1. The fourth-order valence-corrected chi connectivity index (χ4v) is 3.91. The SMILES string of the molecule is CC(=O)N1C[C@H](C(=O)NCc2cccc(C)c2)CC[C@@H]1c1ccc(F)c(C)c1. The Morgan fingerprint density at radius 3 is 2.61 bits per heavy atom. The van der Waals surface area contributed by atoms with Crippen LogP contribution >= 0.6 is 0 Å². The molecule has 0 saturated carbocycles. The Balaban J connectivity index is 1.67. The number of piperidine rings is 1. The zero-order valence-corrected chi connectivity index (χ0v) is 16.7. The smallest absolute Gasteiger partial charge is 0.225 e. The molecule has 0 aromatic heterocycles. The summed E-state index contributed by atoms with van der Waals surface area (Å²) >= 11 is 0. The molecule has 0 unspecified atom stereocenters. The number of likely N-dealkylation sites (tertiary alicyclic amines) is 1. The highest BCUT2D eigenvalue weighted by Gasteiger charge is 2.34. The Labute approximate surface area is 165 Å². The van der Waals surface area contributed by atoms with Crippen LogP contribution in [0.3, 0.4) is 0 Å². The van der Waals surface area contributed by atoms with Crippen LogP contribution in [0.25, 0.3) is 0 Å². The molecule has 3 rings (SSSR count). The number of carbonyl (C=O) groups excluding carboxylic acids is 2. The number of halogens is 1. The van der Waals surface area contributed by atoms with Crippen LogP contribution in [-0.4, -0.2) is 23.3 Å². The van der Waals surface area contributed by atoms with Gasteiger partial charge in [0.25, 0.3) is 0 Å². The maximum atomic E-state index is 13.6. The molecule has 1 heterocycles. The van der Waals surface area contributed by atoms with Crippen LogP contribution in [0.5, 0.6) is 0 Å². The fourth-order valence-electron chi connectivity index (χ4n) is 3.91. The highest BCUT2D eigenvalue weighted by atomic mass is 19.1. The molecule has 0 aliphatic carbocycles. The number of hydrogen-bond acceptors (Lipinski definition) is 2. The summed E-state index contributed by atoms with van der Waals surface area (Å²) in [5.41, 5.74) is 3.71. The van der Waals surface area contributed by atoms with Gasteiger partial charge in [-0.1, -0.05) is 42.0 Å². The van der Waals surface area contributed by atoms with Gasteiger partial charge in [-0.2, -0.15) is 0 Å². The molecule has 2 amide bonds. The first-order valence-corrected chi connectivity index (χ1v) is 9.71. The Kier molecular flexibility index (Phi) is 6.12. The minimum Gasteiger partial charge on any atom is -0.352 e. The van der Waals surface area contributed by atoms with Crippen LogP contribution in [-0.2, 0) is 16.1 Å². The minimum absolute atomic E-state index is 0.0264. The monoisotopic (exact) mass is 382 g/mol. The van der Waals surface area contributed by atoms with Crippen molar-refractivity contribution in [2.24, 2.45) is 5.92 Å². The number of rotatable bonds is 4. The largest absolute Gasteiger partial charge is 0.352 e. The Morgan fingerprint density at radius 1 is 1.14 bits per heavy atom. The summed E-state index contributed by atoms with van der Waals surface area (Å²) in [7, 11) is 0. The summed E-state index contributed by atoms with van der Waals surface area (Å²) in [4.78, 5) is 26.7. The van der Waals surface area contributed by atoms with Gasteiger partial charge in [-0.25, -0.2) is 4.39 Å². The van der Waals surface area contributed by atoms with E-state index in [2.05, 4.69) is 11.4 Å². The van der Waals surface area contributed by atoms with Crippen LogP contribution in [0.1, 0.15) is 48.1 Å². The predicted molar refractivity (Wildman–Crippen MR) is 107 cm³/mol. The number of nitrogens with zero attached hydrogens (tertiary/aromatic N) is 1. The van der Waals surface area contributed by atoms with Gasteiger partial charge in [-0.05, 0) is 49.4 Å². The summed E-state index contributed by atoms with van der Waals surface area (Å²) in [6.45, 7) is 6.14. The summed E-state index contributed by atoms with van der Waals surface area (Å²) in [5, 5.41) is 3.00. The van der Waals surface area contributed by atoms with E-state index in [-0.39, 0.29) is 29.6 Å². The van der Waals surface area contributed by atoms with Gasteiger partial charge < -0.3 is 10.2 Å². The van der Waals surface area contributed by atoms with Gasteiger partial charge >= 0.3 is 0 Å². The zero-order chi connectivity index (χ0) is 20.3. The molecule has 1 aliphatic heterocycles. The van der Waals surface area contributed by atoms with Gasteiger partial charge in [0, 0.05) is 20.0 Å². The van der Waals surface area contributed by atoms with Crippen molar-refractivity contribution < 1.29 is 14.0 Å². The zero-order valence-electron chi connectivity index (χ0n) is 16.7. The van der Waals surface area contributed by atoms with Gasteiger partial charge in [-0.15, -0.1) is 0 Å². The maximum Gasteiger partial charge on any atom is 0.225 e. The first-order chi connectivity index (χ1) is 13.3. The first-order valence-electron chi connectivity index (χ1n) is 9.71. The van der Waals surface area contributed by atoms with Gasteiger partial charge in [0.2, 0.25) is 11.8 Å². The van der Waals surface area contributed by atoms with Crippen molar-refractivity contribution in [3.05, 3.63) is 70.5 Å². The number of hydrogen-bond donors (Lipinski definition) is 1. The molecule has 0 radical (unpaired) electrons. The van der Waals surface area contributed by atoms with E-state index in [0.717, 1.165) is 16.7 Å². The van der Waals surface area contributed by atoms with Crippen molar-refractivity contribution in [1.82, 2.24) is 10.2 Å². The van der Waals surface area contributed by atoms with Crippen molar-refractivity contribution >= 4 is 11.8 Å². The molecule has 28 heavy (non-hydrogen) atoms. The van der Waals surface area contributed by atoms with E-state index in [1.54, 1.807) is 24.0 Å². The summed E-state index contributed by atoms with van der Waals surface area (Å²) in [6.07, 6.45) is 1.39. The lowest BCUT2D eigenvalue weighted by molar-refractivity contribution is -0.137. The van der Waals surface area contributed by atoms with Crippen LogP contribution in [0.15, 0.2) is 42.5 Å². The maximum absolute atomic E-state index is 13.6. The summed E-state index contributed by atoms with van der Waals surface area (Å²) in [6, 6.07) is 12.9. The lowest BCUT2D eigenvalue weighted by atomic mass is 9.88. The van der Waals surface area contributed by atoms with E-state index >= 15 is 0 Å². The van der Waals surface area contributed by atoms with Crippen molar-refractivity contribution in [2.75, 3.05) is 6.54 Å². The minimum atomic E-state index is -0.248. The van der Waals surface area contributed by atoms with Crippen molar-refractivity contribution in [2.45, 2.75) is 46.2 Å². The van der Waals surface area contributed by atoms with Gasteiger partial charge in [0.1, 0.15) is 5.82 Å². The molecule has 5 heteroatoms. The van der Waals surface area contributed by atoms with Crippen LogP contribution < -0.4 is 5.32 Å². The third-order valence-electron chi connectivity index (χ3n) is 5.47. The Hall–Kier alpha value is -2.69. The number of amides is 2. The summed E-state index contributed by atoms with van der Waals surface area (Å²) in [5.74, 6) is -0.571. The van der Waals surface area contributed by atoms with Crippen LogP contribution in [0.4, 0.5) is 4.39 Å². The van der Waals surface area contributed by atoms with E-state index in [1.165, 1.54) is 13.0 Å².